The number of carbonyl (C=O) groups is 3. The van der Waals surface area contributed by atoms with Crippen molar-refractivity contribution in [2.24, 2.45) is 0 Å². The van der Waals surface area contributed by atoms with Crippen molar-refractivity contribution in [3.63, 3.8) is 0 Å². The molecule has 0 aliphatic carbocycles. The van der Waals surface area contributed by atoms with Crippen molar-refractivity contribution < 1.29 is 37.0 Å². The van der Waals surface area contributed by atoms with Crippen molar-refractivity contribution in [2.45, 2.75) is 45.5 Å². The summed E-state index contributed by atoms with van der Waals surface area (Å²) < 4.78 is 45.9. The molecule has 0 atom stereocenters. The second kappa shape index (κ2) is 13.2. The number of amides is 3. The lowest BCUT2D eigenvalue weighted by atomic mass is 9.87. The Morgan fingerprint density at radius 1 is 0.854 bits per heavy atom. The van der Waals surface area contributed by atoms with Crippen LogP contribution in [0.2, 0.25) is 0 Å². The van der Waals surface area contributed by atoms with E-state index in [1.165, 1.54) is 24.1 Å². The molecule has 0 spiro atoms. The van der Waals surface area contributed by atoms with E-state index in [-0.39, 0.29) is 36.5 Å². The summed E-state index contributed by atoms with van der Waals surface area (Å²) in [5.74, 6) is -1.19. The maximum absolute atomic E-state index is 13.4. The van der Waals surface area contributed by atoms with Crippen molar-refractivity contribution in [3.8, 4) is 5.75 Å². The molecule has 218 valence electrons. The number of anilines is 2. The fourth-order valence-electron chi connectivity index (χ4n) is 3.78. The minimum absolute atomic E-state index is 0.0521. The van der Waals surface area contributed by atoms with Crippen LogP contribution in [0.4, 0.5) is 29.3 Å². The van der Waals surface area contributed by atoms with Crippen LogP contribution in [0.3, 0.4) is 0 Å². The summed E-state index contributed by atoms with van der Waals surface area (Å²) >= 11 is 0. The lowest BCUT2D eigenvalue weighted by Crippen LogP contribution is -2.34. The number of ether oxygens (including phenoxy) is 2. The van der Waals surface area contributed by atoms with Gasteiger partial charge in [-0.25, -0.2) is 4.79 Å². The first kappa shape index (κ1) is 31.0. The lowest BCUT2D eigenvalue weighted by Gasteiger charge is -2.25. The van der Waals surface area contributed by atoms with E-state index >= 15 is 0 Å². The van der Waals surface area contributed by atoms with E-state index in [0.29, 0.717) is 11.3 Å². The van der Waals surface area contributed by atoms with Crippen LogP contribution >= 0.6 is 0 Å². The maximum Gasteiger partial charge on any atom is 0.573 e. The van der Waals surface area contributed by atoms with Crippen molar-refractivity contribution in [3.05, 3.63) is 89.5 Å². The van der Waals surface area contributed by atoms with Gasteiger partial charge in [0.2, 0.25) is 0 Å². The highest BCUT2D eigenvalue weighted by Gasteiger charge is 2.31. The van der Waals surface area contributed by atoms with E-state index in [0.717, 1.165) is 23.3 Å². The molecule has 2 N–H and O–H groups in total. The van der Waals surface area contributed by atoms with Gasteiger partial charge in [0.05, 0.1) is 20.1 Å². The van der Waals surface area contributed by atoms with Gasteiger partial charge < -0.3 is 20.1 Å². The maximum atomic E-state index is 13.4. The zero-order valence-electron chi connectivity index (χ0n) is 23.2. The van der Waals surface area contributed by atoms with Gasteiger partial charge in [-0.15, -0.1) is 13.2 Å². The zero-order chi connectivity index (χ0) is 30.2. The molecule has 0 unspecified atom stereocenters. The van der Waals surface area contributed by atoms with Gasteiger partial charge in [0.25, 0.3) is 5.91 Å². The van der Waals surface area contributed by atoms with Crippen LogP contribution in [0.25, 0.3) is 0 Å². The van der Waals surface area contributed by atoms with Crippen LogP contribution in [0, 0.1) is 0 Å². The number of hydrogen-bond donors (Lipinski definition) is 2. The Morgan fingerprint density at radius 2 is 1.46 bits per heavy atom. The molecule has 41 heavy (non-hydrogen) atoms. The topological polar surface area (TPSA) is 97.0 Å². The molecule has 0 saturated heterocycles. The number of esters is 1. The summed E-state index contributed by atoms with van der Waals surface area (Å²) in [5, 5.41) is 5.35. The molecule has 0 aliphatic heterocycles. The molecule has 11 heteroatoms. The van der Waals surface area contributed by atoms with Gasteiger partial charge in [0, 0.05) is 23.5 Å². The van der Waals surface area contributed by atoms with Gasteiger partial charge in [0.15, 0.2) is 0 Å². The summed E-state index contributed by atoms with van der Waals surface area (Å²) in [5.41, 5.74) is 2.95. The average molecular weight is 572 g/mol. The number of hydrogen-bond acceptors (Lipinski definition) is 5. The summed E-state index contributed by atoms with van der Waals surface area (Å²) in [6, 6.07) is 18.5. The number of benzene rings is 3. The normalized spacial score (nSPS) is 11.4. The van der Waals surface area contributed by atoms with Gasteiger partial charge in [-0.2, -0.15) is 0 Å². The first-order chi connectivity index (χ1) is 19.2. The number of methoxy groups -OCH3 is 1. The van der Waals surface area contributed by atoms with E-state index in [9.17, 15) is 27.6 Å². The third kappa shape index (κ3) is 9.55. The van der Waals surface area contributed by atoms with Crippen LogP contribution in [0.5, 0.6) is 5.75 Å². The summed E-state index contributed by atoms with van der Waals surface area (Å²) in [7, 11) is 1.27. The Morgan fingerprint density at radius 3 is 2.00 bits per heavy atom. The van der Waals surface area contributed by atoms with Crippen LogP contribution in [0.15, 0.2) is 72.8 Å². The molecule has 0 aromatic heterocycles. The van der Waals surface area contributed by atoms with Crippen LogP contribution in [-0.2, 0) is 21.5 Å². The molecule has 3 aromatic carbocycles. The van der Waals surface area contributed by atoms with Gasteiger partial charge in [-0.3, -0.25) is 14.5 Å². The minimum Gasteiger partial charge on any atom is -0.469 e. The summed E-state index contributed by atoms with van der Waals surface area (Å²) in [4.78, 5) is 38.5. The molecule has 8 nitrogen and oxygen atoms in total. The zero-order valence-corrected chi connectivity index (χ0v) is 23.2. The highest BCUT2D eigenvalue weighted by molar-refractivity contribution is 6.01. The van der Waals surface area contributed by atoms with Crippen molar-refractivity contribution in [2.75, 3.05) is 23.9 Å². The molecular weight excluding hydrogens is 539 g/mol. The summed E-state index contributed by atoms with van der Waals surface area (Å²) in [6.45, 7) is 6.50. The molecule has 0 radical (unpaired) electrons. The molecule has 0 bridgehead atoms. The number of halogens is 3. The largest absolute Gasteiger partial charge is 0.573 e. The lowest BCUT2D eigenvalue weighted by molar-refractivity contribution is -0.274. The van der Waals surface area contributed by atoms with Gasteiger partial charge in [-0.1, -0.05) is 45.0 Å². The molecule has 0 aliphatic rings. The van der Waals surface area contributed by atoms with Gasteiger partial charge >= 0.3 is 18.4 Å². The highest BCUT2D eigenvalue weighted by Crippen LogP contribution is 2.27. The van der Waals surface area contributed by atoms with Gasteiger partial charge in [-0.05, 0) is 65.1 Å². The Kier molecular flexibility index (Phi) is 9.99. The van der Waals surface area contributed by atoms with Crippen molar-refractivity contribution in [1.29, 1.82) is 0 Å². The smallest absolute Gasteiger partial charge is 0.469 e. The minimum atomic E-state index is -4.82. The van der Waals surface area contributed by atoms with E-state index in [2.05, 4.69) is 40.9 Å². The molecule has 3 aromatic rings. The van der Waals surface area contributed by atoms with E-state index in [1.807, 2.05) is 24.3 Å². The molecular formula is C30H32F3N3O5. The predicted octanol–water partition coefficient (Wildman–Crippen LogP) is 6.41. The molecule has 0 fully saturated rings. The van der Waals surface area contributed by atoms with E-state index < -0.39 is 24.1 Å². The second-order valence-electron chi connectivity index (χ2n) is 10.2. The number of urea groups is 1. The Bertz CT molecular complexity index is 1330. The van der Waals surface area contributed by atoms with Crippen LogP contribution in [-0.4, -0.2) is 37.9 Å². The van der Waals surface area contributed by atoms with E-state index in [1.54, 1.807) is 24.3 Å². The molecule has 0 saturated carbocycles. The number of nitrogens with zero attached hydrogens (tertiary/aromatic N) is 1. The Hall–Kier alpha value is -4.54. The predicted molar refractivity (Wildman–Crippen MR) is 149 cm³/mol. The van der Waals surface area contributed by atoms with Gasteiger partial charge in [0.1, 0.15) is 5.75 Å². The van der Waals surface area contributed by atoms with E-state index in [4.69, 9.17) is 0 Å². The molecule has 3 rings (SSSR count). The summed E-state index contributed by atoms with van der Waals surface area (Å²) in [6.07, 6.45) is -4.77. The third-order valence-corrected chi connectivity index (χ3v) is 6.03. The van der Waals surface area contributed by atoms with Crippen molar-refractivity contribution >= 4 is 29.3 Å². The van der Waals surface area contributed by atoms with Crippen LogP contribution in [0.1, 0.15) is 48.7 Å². The van der Waals surface area contributed by atoms with Crippen LogP contribution < -0.4 is 20.3 Å². The first-order valence-electron chi connectivity index (χ1n) is 12.7. The SMILES string of the molecule is COC(=O)CCNC(=O)c1ccc(CN(C(=O)Nc2ccc(OC(F)(F)F)cc2)c2ccc(C(C)(C)C)cc2)cc1. The number of carbonyl (C=O) groups excluding carboxylic acids is 3. The quantitative estimate of drug-likeness (QED) is 0.289. The monoisotopic (exact) mass is 571 g/mol. The fourth-order valence-corrected chi connectivity index (χ4v) is 3.78. The fraction of sp³-hybridized carbons (Fsp3) is 0.300. The molecule has 0 heterocycles. The first-order valence-corrected chi connectivity index (χ1v) is 12.7. The standard InChI is InChI=1S/C30H32F3N3O5/c1-29(2,3)22-9-13-24(14-10-22)36(28(39)35-23-11-15-25(16-12-23)41-30(31,32)33)19-20-5-7-21(8-6-20)27(38)34-18-17-26(37)40-4/h5-16H,17-19H2,1-4H3,(H,34,38)(H,35,39). The highest BCUT2D eigenvalue weighted by atomic mass is 19.4. The number of rotatable bonds is 9. The second-order valence-corrected chi connectivity index (χ2v) is 10.2. The van der Waals surface area contributed by atoms with Crippen molar-refractivity contribution in [1.82, 2.24) is 5.32 Å². The Labute approximate surface area is 236 Å². The average Bonchev–Trinajstić information content (AvgIpc) is 2.91. The molecule has 3 amide bonds. The number of nitrogens with one attached hydrogen (secondary N) is 2. The number of alkyl halides is 3. The third-order valence-electron chi connectivity index (χ3n) is 6.03. The Balaban J connectivity index is 1.78.